The van der Waals surface area contributed by atoms with Crippen LogP contribution >= 0.6 is 0 Å². The predicted molar refractivity (Wildman–Crippen MR) is 79.8 cm³/mol. The van der Waals surface area contributed by atoms with Gasteiger partial charge in [-0.2, -0.15) is 0 Å². The van der Waals surface area contributed by atoms with Crippen molar-refractivity contribution in [3.63, 3.8) is 0 Å². The van der Waals surface area contributed by atoms with Gasteiger partial charge in [-0.3, -0.25) is 4.79 Å². The maximum absolute atomic E-state index is 12.1. The second-order valence-electron chi connectivity index (χ2n) is 5.02. The molecule has 1 rings (SSSR count). The van der Waals surface area contributed by atoms with Crippen LogP contribution in [0.3, 0.4) is 0 Å². The summed E-state index contributed by atoms with van der Waals surface area (Å²) in [5.41, 5.74) is -0.255. The second kappa shape index (κ2) is 7.78. The molecule has 0 aliphatic rings. The van der Waals surface area contributed by atoms with Crippen LogP contribution in [0.4, 0.5) is 0 Å². The Hall–Kier alpha value is -1.88. The van der Waals surface area contributed by atoms with E-state index in [9.17, 15) is 14.7 Å². The third-order valence-corrected chi connectivity index (χ3v) is 3.69. The fraction of sp³-hybridized carbons (Fsp3) is 0.500. The number of benzene rings is 1. The first-order valence-electron chi connectivity index (χ1n) is 7.16. The first-order chi connectivity index (χ1) is 9.95. The molecule has 5 heteroatoms. The van der Waals surface area contributed by atoms with Crippen molar-refractivity contribution in [1.82, 2.24) is 5.32 Å². The third kappa shape index (κ3) is 4.56. The molecular formula is C16H23NO4. The van der Waals surface area contributed by atoms with E-state index in [1.54, 1.807) is 20.8 Å². The highest BCUT2D eigenvalue weighted by atomic mass is 16.5. The number of nitrogens with one attached hydrogen (secondary N) is 1. The van der Waals surface area contributed by atoms with Gasteiger partial charge in [0.25, 0.3) is 0 Å². The second-order valence-corrected chi connectivity index (χ2v) is 5.02. The number of ether oxygens (including phenoxy) is 1. The molecule has 1 amide bonds. The zero-order valence-corrected chi connectivity index (χ0v) is 12.8. The summed E-state index contributed by atoms with van der Waals surface area (Å²) in [6, 6.07) is 9.51. The third-order valence-electron chi connectivity index (χ3n) is 3.69. The molecule has 1 atom stereocenters. The van der Waals surface area contributed by atoms with E-state index in [0.29, 0.717) is 19.4 Å². The van der Waals surface area contributed by atoms with Crippen LogP contribution in [-0.4, -0.2) is 28.6 Å². The van der Waals surface area contributed by atoms with Gasteiger partial charge in [0, 0.05) is 0 Å². The van der Waals surface area contributed by atoms with Crippen LogP contribution in [0.15, 0.2) is 30.3 Å². The Morgan fingerprint density at radius 2 is 1.81 bits per heavy atom. The Balaban J connectivity index is 2.59. The van der Waals surface area contributed by atoms with Gasteiger partial charge in [0.05, 0.1) is 6.61 Å². The Morgan fingerprint density at radius 3 is 2.29 bits per heavy atom. The number of carboxylic acids is 1. The lowest BCUT2D eigenvalue weighted by Gasteiger charge is -2.29. The van der Waals surface area contributed by atoms with Gasteiger partial charge >= 0.3 is 5.97 Å². The van der Waals surface area contributed by atoms with Crippen molar-refractivity contribution in [3.8, 4) is 0 Å². The molecule has 0 radical (unpaired) electrons. The van der Waals surface area contributed by atoms with E-state index in [1.165, 1.54) is 0 Å². The summed E-state index contributed by atoms with van der Waals surface area (Å²) in [5, 5.41) is 11.9. The van der Waals surface area contributed by atoms with Crippen molar-refractivity contribution in [2.24, 2.45) is 0 Å². The van der Waals surface area contributed by atoms with Crippen LogP contribution in [0.1, 0.15) is 39.2 Å². The smallest absolute Gasteiger partial charge is 0.329 e. The maximum atomic E-state index is 12.1. The Bertz CT molecular complexity index is 468. The average Bonchev–Trinajstić information content (AvgIpc) is 2.50. The van der Waals surface area contributed by atoms with Gasteiger partial charge in [-0.1, -0.05) is 44.2 Å². The van der Waals surface area contributed by atoms with E-state index in [2.05, 4.69) is 5.32 Å². The predicted octanol–water partition coefficient (Wildman–Crippen LogP) is 2.35. The van der Waals surface area contributed by atoms with E-state index in [1.807, 2.05) is 30.3 Å². The number of carbonyl (C=O) groups excluding carboxylic acids is 1. The number of hydrogen-bond acceptors (Lipinski definition) is 3. The minimum absolute atomic E-state index is 0.313. The molecule has 2 N–H and O–H groups in total. The molecule has 5 nitrogen and oxygen atoms in total. The van der Waals surface area contributed by atoms with Crippen LogP contribution in [0.5, 0.6) is 0 Å². The van der Waals surface area contributed by atoms with E-state index in [4.69, 9.17) is 4.74 Å². The van der Waals surface area contributed by atoms with Crippen LogP contribution in [-0.2, 0) is 20.9 Å². The molecule has 0 fully saturated rings. The van der Waals surface area contributed by atoms with E-state index < -0.39 is 23.5 Å². The van der Waals surface area contributed by atoms with Gasteiger partial charge < -0.3 is 15.2 Å². The van der Waals surface area contributed by atoms with Crippen LogP contribution in [0, 0.1) is 0 Å². The first kappa shape index (κ1) is 17.2. The largest absolute Gasteiger partial charge is 0.480 e. The van der Waals surface area contributed by atoms with Crippen LogP contribution < -0.4 is 5.32 Å². The summed E-state index contributed by atoms with van der Waals surface area (Å²) >= 11 is 0. The minimum Gasteiger partial charge on any atom is -0.480 e. The molecule has 1 unspecified atom stereocenters. The summed E-state index contributed by atoms with van der Waals surface area (Å²) in [6.07, 6.45) is -0.0478. The Kier molecular flexibility index (Phi) is 6.37. The highest BCUT2D eigenvalue weighted by molar-refractivity contribution is 5.88. The zero-order valence-electron chi connectivity index (χ0n) is 12.8. The lowest BCUT2D eigenvalue weighted by Crippen LogP contribution is -2.56. The van der Waals surface area contributed by atoms with Gasteiger partial charge in [-0.15, -0.1) is 0 Å². The molecule has 0 saturated heterocycles. The fourth-order valence-electron chi connectivity index (χ4n) is 1.99. The molecule has 1 aromatic rings. The molecule has 0 aliphatic heterocycles. The Morgan fingerprint density at radius 1 is 1.24 bits per heavy atom. The maximum Gasteiger partial charge on any atom is 0.329 e. The van der Waals surface area contributed by atoms with Crippen LogP contribution in [0.2, 0.25) is 0 Å². The molecule has 0 bridgehead atoms. The van der Waals surface area contributed by atoms with Crippen molar-refractivity contribution in [2.75, 3.05) is 0 Å². The van der Waals surface area contributed by atoms with Gasteiger partial charge in [0.1, 0.15) is 11.6 Å². The fourth-order valence-corrected chi connectivity index (χ4v) is 1.99. The van der Waals surface area contributed by atoms with Gasteiger partial charge in [0.15, 0.2) is 0 Å². The zero-order chi connectivity index (χ0) is 15.9. The van der Waals surface area contributed by atoms with Crippen molar-refractivity contribution in [2.45, 2.75) is 51.9 Å². The highest BCUT2D eigenvalue weighted by Gasteiger charge is 2.37. The number of carbonyl (C=O) groups is 2. The average molecular weight is 293 g/mol. The van der Waals surface area contributed by atoms with Crippen molar-refractivity contribution in [1.29, 1.82) is 0 Å². The first-order valence-corrected chi connectivity index (χ1v) is 7.16. The Labute approximate surface area is 125 Å². The van der Waals surface area contributed by atoms with E-state index in [-0.39, 0.29) is 0 Å². The standard InChI is InChI=1S/C16H23NO4/c1-4-16(5-2,15(19)20)17-14(18)12(3)21-11-13-9-7-6-8-10-13/h6-10,12H,4-5,11H2,1-3H3,(H,17,18)(H,19,20). The van der Waals surface area contributed by atoms with Crippen molar-refractivity contribution in [3.05, 3.63) is 35.9 Å². The molecule has 0 aromatic heterocycles. The monoisotopic (exact) mass is 293 g/mol. The summed E-state index contributed by atoms with van der Waals surface area (Å²) in [6.45, 7) is 5.42. The summed E-state index contributed by atoms with van der Waals surface area (Å²) in [5.74, 6) is -1.42. The number of amides is 1. The molecule has 0 aliphatic carbocycles. The highest BCUT2D eigenvalue weighted by Crippen LogP contribution is 2.16. The number of rotatable bonds is 8. The topological polar surface area (TPSA) is 75.6 Å². The lowest BCUT2D eigenvalue weighted by atomic mass is 9.92. The summed E-state index contributed by atoms with van der Waals surface area (Å²) in [7, 11) is 0. The van der Waals surface area contributed by atoms with Crippen molar-refractivity contribution < 1.29 is 19.4 Å². The van der Waals surface area contributed by atoms with E-state index >= 15 is 0 Å². The van der Waals surface area contributed by atoms with E-state index in [0.717, 1.165) is 5.56 Å². The van der Waals surface area contributed by atoms with Crippen molar-refractivity contribution >= 4 is 11.9 Å². The lowest BCUT2D eigenvalue weighted by molar-refractivity contribution is -0.150. The van der Waals surface area contributed by atoms with Gasteiger partial charge in [-0.05, 0) is 25.3 Å². The van der Waals surface area contributed by atoms with Gasteiger partial charge in [0.2, 0.25) is 5.91 Å². The molecule has 0 heterocycles. The number of carboxylic acid groups (broad SMARTS) is 1. The molecule has 116 valence electrons. The summed E-state index contributed by atoms with van der Waals surface area (Å²) < 4.78 is 5.50. The SMILES string of the molecule is CCC(CC)(NC(=O)C(C)OCc1ccccc1)C(=O)O. The number of aliphatic carboxylic acids is 1. The van der Waals surface area contributed by atoms with Crippen LogP contribution in [0.25, 0.3) is 0 Å². The normalized spacial score (nSPS) is 12.7. The quantitative estimate of drug-likeness (QED) is 0.771. The molecular weight excluding hydrogens is 270 g/mol. The summed E-state index contributed by atoms with van der Waals surface area (Å²) in [4.78, 5) is 23.5. The minimum atomic E-state index is -1.22. The molecule has 21 heavy (non-hydrogen) atoms. The molecule has 0 spiro atoms. The van der Waals surface area contributed by atoms with Gasteiger partial charge in [-0.25, -0.2) is 4.79 Å². The number of hydrogen-bond donors (Lipinski definition) is 2. The molecule has 1 aromatic carbocycles. The molecule has 0 saturated carbocycles.